The first kappa shape index (κ1) is 23.3. The maximum atomic E-state index is 15.0. The molecule has 0 heterocycles. The van der Waals surface area contributed by atoms with Crippen LogP contribution in [0.4, 0.5) is 17.6 Å². The fraction of sp³-hybridized carbons (Fsp3) is 0.357. The summed E-state index contributed by atoms with van der Waals surface area (Å²) in [5.74, 6) is -0.949. The Morgan fingerprint density at radius 3 is 2.21 bits per heavy atom. The van der Waals surface area contributed by atoms with Crippen molar-refractivity contribution in [3.05, 3.63) is 89.5 Å². The molecule has 4 rings (SSSR count). The van der Waals surface area contributed by atoms with Gasteiger partial charge in [-0.25, -0.2) is 8.78 Å². The number of hydrogen-bond acceptors (Lipinski definition) is 1. The van der Waals surface area contributed by atoms with Crippen molar-refractivity contribution in [2.75, 3.05) is 0 Å². The van der Waals surface area contributed by atoms with Crippen LogP contribution < -0.4 is 4.74 Å². The van der Waals surface area contributed by atoms with Gasteiger partial charge in [-0.1, -0.05) is 56.2 Å². The quantitative estimate of drug-likeness (QED) is 0.323. The van der Waals surface area contributed by atoms with Crippen LogP contribution in [0, 0.1) is 17.6 Å². The predicted molar refractivity (Wildman–Crippen MR) is 122 cm³/mol. The average molecular weight is 457 g/mol. The van der Waals surface area contributed by atoms with E-state index in [1.165, 1.54) is 56.0 Å². The molecular formula is C28H28F4O. The van der Waals surface area contributed by atoms with Crippen LogP contribution in [0.3, 0.4) is 0 Å². The molecule has 0 spiro atoms. The van der Waals surface area contributed by atoms with Gasteiger partial charge in [-0.2, -0.15) is 8.78 Å². The minimum Gasteiger partial charge on any atom is -0.428 e. The molecule has 0 aliphatic heterocycles. The molecular weight excluding hydrogens is 428 g/mol. The molecule has 1 fully saturated rings. The van der Waals surface area contributed by atoms with Crippen molar-refractivity contribution in [3.63, 3.8) is 0 Å². The Labute approximate surface area is 192 Å². The van der Waals surface area contributed by atoms with E-state index in [1.807, 2.05) is 0 Å². The first-order valence-corrected chi connectivity index (χ1v) is 11.6. The summed E-state index contributed by atoms with van der Waals surface area (Å²) >= 11 is 0. The summed E-state index contributed by atoms with van der Waals surface area (Å²) in [7, 11) is 0. The van der Waals surface area contributed by atoms with E-state index in [4.69, 9.17) is 4.74 Å². The molecule has 0 amide bonds. The molecule has 5 heteroatoms. The van der Waals surface area contributed by atoms with Crippen LogP contribution in [0.1, 0.15) is 62.5 Å². The lowest BCUT2D eigenvalue weighted by Crippen LogP contribution is -2.22. The maximum absolute atomic E-state index is 15.0. The highest BCUT2D eigenvalue weighted by atomic mass is 19.3. The number of alkyl halides is 2. The van der Waals surface area contributed by atoms with Gasteiger partial charge in [-0.3, -0.25) is 0 Å². The molecule has 3 aromatic rings. The number of rotatable bonds is 7. The zero-order valence-corrected chi connectivity index (χ0v) is 18.7. The lowest BCUT2D eigenvalue weighted by molar-refractivity contribution is -0.185. The van der Waals surface area contributed by atoms with Crippen molar-refractivity contribution < 1.29 is 22.3 Å². The van der Waals surface area contributed by atoms with Crippen LogP contribution in [-0.2, 0) is 6.11 Å². The third-order valence-electron chi connectivity index (χ3n) is 6.62. The number of benzene rings is 3. The zero-order valence-electron chi connectivity index (χ0n) is 18.7. The van der Waals surface area contributed by atoms with Crippen LogP contribution in [0.25, 0.3) is 11.1 Å². The van der Waals surface area contributed by atoms with Crippen molar-refractivity contribution in [3.8, 4) is 16.9 Å². The van der Waals surface area contributed by atoms with Gasteiger partial charge in [-0.05, 0) is 79.0 Å². The van der Waals surface area contributed by atoms with Gasteiger partial charge in [0.05, 0.1) is 5.56 Å². The van der Waals surface area contributed by atoms with Gasteiger partial charge in [0, 0.05) is 5.56 Å². The molecule has 0 N–H and O–H groups in total. The van der Waals surface area contributed by atoms with Crippen molar-refractivity contribution >= 4 is 0 Å². The molecule has 1 aliphatic carbocycles. The molecule has 174 valence electrons. The third-order valence-corrected chi connectivity index (χ3v) is 6.62. The van der Waals surface area contributed by atoms with Gasteiger partial charge in [0.15, 0.2) is 11.6 Å². The second kappa shape index (κ2) is 9.98. The molecule has 0 bridgehead atoms. The molecule has 0 atom stereocenters. The minimum absolute atomic E-state index is 0.105. The number of para-hydroxylation sites is 1. The maximum Gasteiger partial charge on any atom is 0.426 e. The highest BCUT2D eigenvalue weighted by molar-refractivity contribution is 5.70. The number of ether oxygens (including phenoxy) is 1. The second-order valence-corrected chi connectivity index (χ2v) is 8.87. The topological polar surface area (TPSA) is 9.23 Å². The smallest absolute Gasteiger partial charge is 0.426 e. The molecule has 1 saturated carbocycles. The Morgan fingerprint density at radius 1 is 0.848 bits per heavy atom. The fourth-order valence-corrected chi connectivity index (χ4v) is 4.80. The first-order valence-electron chi connectivity index (χ1n) is 11.6. The molecule has 3 aromatic carbocycles. The summed E-state index contributed by atoms with van der Waals surface area (Å²) in [6.07, 6.45) is 3.48. The third kappa shape index (κ3) is 5.40. The summed E-state index contributed by atoms with van der Waals surface area (Å²) < 4.78 is 62.2. The first-order chi connectivity index (χ1) is 15.9. The minimum atomic E-state index is -3.58. The van der Waals surface area contributed by atoms with E-state index in [0.717, 1.165) is 36.5 Å². The molecule has 33 heavy (non-hydrogen) atoms. The standard InChI is InChI=1S/C28H28F4O/c1-2-5-19-8-10-20(11-9-19)21-12-15-23(16-13-21)28(31,32)33-27-7-4-3-6-24(27)22-14-17-25(29)26(30)18-22/h3-4,6-7,12-20H,2,5,8-11H2,1H3. The Morgan fingerprint density at radius 2 is 1.55 bits per heavy atom. The average Bonchev–Trinajstić information content (AvgIpc) is 2.82. The summed E-state index contributed by atoms with van der Waals surface area (Å²) in [6, 6.07) is 15.8. The highest BCUT2D eigenvalue weighted by Gasteiger charge is 2.35. The van der Waals surface area contributed by atoms with Gasteiger partial charge in [-0.15, -0.1) is 0 Å². The van der Waals surface area contributed by atoms with Gasteiger partial charge in [0.1, 0.15) is 5.75 Å². The lowest BCUT2D eigenvalue weighted by Gasteiger charge is -2.29. The number of hydrogen-bond donors (Lipinski definition) is 0. The Kier molecular flexibility index (Phi) is 7.06. The summed E-state index contributed by atoms with van der Waals surface area (Å²) in [6.45, 7) is 2.21. The molecule has 0 saturated heterocycles. The van der Waals surface area contributed by atoms with E-state index in [9.17, 15) is 8.78 Å². The van der Waals surface area contributed by atoms with E-state index >= 15 is 8.78 Å². The lowest BCUT2D eigenvalue weighted by atomic mass is 9.77. The van der Waals surface area contributed by atoms with Crippen molar-refractivity contribution in [2.45, 2.75) is 57.5 Å². The van der Waals surface area contributed by atoms with E-state index in [0.29, 0.717) is 5.92 Å². The van der Waals surface area contributed by atoms with Crippen LogP contribution in [-0.4, -0.2) is 0 Å². The zero-order chi connectivity index (χ0) is 23.4. The van der Waals surface area contributed by atoms with Gasteiger partial charge in [0.25, 0.3) is 0 Å². The SMILES string of the molecule is CCCC1CCC(c2ccc(C(F)(F)Oc3ccccc3-c3ccc(F)c(F)c3)cc2)CC1. The molecule has 0 radical (unpaired) electrons. The molecule has 1 nitrogen and oxygen atoms in total. The van der Waals surface area contributed by atoms with E-state index in [-0.39, 0.29) is 22.4 Å². The van der Waals surface area contributed by atoms with Gasteiger partial charge >= 0.3 is 6.11 Å². The molecule has 0 unspecified atom stereocenters. The van der Waals surface area contributed by atoms with Crippen LogP contribution >= 0.6 is 0 Å². The molecule has 1 aliphatic rings. The Bertz CT molecular complexity index is 1070. The molecule has 0 aromatic heterocycles. The van der Waals surface area contributed by atoms with E-state index in [1.54, 1.807) is 24.3 Å². The number of halogens is 4. The monoisotopic (exact) mass is 456 g/mol. The predicted octanol–water partition coefficient (Wildman–Crippen LogP) is 8.83. The van der Waals surface area contributed by atoms with Crippen LogP contribution in [0.15, 0.2) is 66.7 Å². The Balaban J connectivity index is 1.50. The Hall–Kier alpha value is -2.82. The van der Waals surface area contributed by atoms with Crippen molar-refractivity contribution in [1.29, 1.82) is 0 Å². The summed E-state index contributed by atoms with van der Waals surface area (Å²) in [5.41, 5.74) is 1.36. The fourth-order valence-electron chi connectivity index (χ4n) is 4.80. The normalized spacial score (nSPS) is 18.8. The van der Waals surface area contributed by atoms with Crippen LogP contribution in [0.5, 0.6) is 5.75 Å². The van der Waals surface area contributed by atoms with E-state index < -0.39 is 17.7 Å². The summed E-state index contributed by atoms with van der Waals surface area (Å²) in [5, 5.41) is 0. The van der Waals surface area contributed by atoms with Crippen LogP contribution in [0.2, 0.25) is 0 Å². The van der Waals surface area contributed by atoms with Gasteiger partial charge < -0.3 is 4.74 Å². The second-order valence-electron chi connectivity index (χ2n) is 8.87. The van der Waals surface area contributed by atoms with Crippen molar-refractivity contribution in [2.24, 2.45) is 5.92 Å². The van der Waals surface area contributed by atoms with Crippen molar-refractivity contribution in [1.82, 2.24) is 0 Å². The van der Waals surface area contributed by atoms with Gasteiger partial charge in [0.2, 0.25) is 0 Å². The summed E-state index contributed by atoms with van der Waals surface area (Å²) in [4.78, 5) is 0. The largest absolute Gasteiger partial charge is 0.428 e. The van der Waals surface area contributed by atoms with E-state index in [2.05, 4.69) is 6.92 Å². The highest BCUT2D eigenvalue weighted by Crippen LogP contribution is 2.40.